The zero-order valence-corrected chi connectivity index (χ0v) is 7.97. The molecule has 2 unspecified atom stereocenters. The smallest absolute Gasteiger partial charge is 0.0646 e. The summed E-state index contributed by atoms with van der Waals surface area (Å²) in [6.07, 6.45) is 2.57. The van der Waals surface area contributed by atoms with Crippen molar-refractivity contribution >= 4 is 15.9 Å². The highest BCUT2D eigenvalue weighted by Gasteiger charge is 2.20. The van der Waals surface area contributed by atoms with Crippen molar-refractivity contribution in [2.24, 2.45) is 11.7 Å². The minimum Gasteiger partial charge on any atom is -0.319 e. The quantitative estimate of drug-likeness (QED) is 0.513. The maximum absolute atomic E-state index is 5.72. The third-order valence-electron chi connectivity index (χ3n) is 2.11. The number of rotatable bonds is 1. The van der Waals surface area contributed by atoms with E-state index >= 15 is 0 Å². The van der Waals surface area contributed by atoms with Gasteiger partial charge < -0.3 is 10.6 Å². The number of hydrogen-bond acceptors (Lipinski definition) is 2. The Morgan fingerprint density at radius 1 is 1.70 bits per heavy atom. The highest BCUT2D eigenvalue weighted by atomic mass is 79.9. The van der Waals surface area contributed by atoms with Gasteiger partial charge in [0.05, 0.1) is 4.95 Å². The summed E-state index contributed by atoms with van der Waals surface area (Å²) in [6.45, 7) is 2.38. The summed E-state index contributed by atoms with van der Waals surface area (Å²) in [7, 11) is 2.15. The summed E-state index contributed by atoms with van der Waals surface area (Å²) in [5, 5.41) is 0. The molecule has 0 amide bonds. The van der Waals surface area contributed by atoms with E-state index < -0.39 is 0 Å². The van der Waals surface area contributed by atoms with Gasteiger partial charge in [-0.15, -0.1) is 0 Å². The predicted octanol–water partition coefficient (Wildman–Crippen LogP) is 1.01. The Kier molecular flexibility index (Phi) is 3.14. The number of piperidine rings is 1. The SMILES string of the molecule is CN1CCCC(C(N)Br)C1. The maximum atomic E-state index is 5.72. The molecule has 1 aliphatic rings. The van der Waals surface area contributed by atoms with Crippen molar-refractivity contribution in [2.45, 2.75) is 17.8 Å². The largest absolute Gasteiger partial charge is 0.319 e. The van der Waals surface area contributed by atoms with E-state index in [-0.39, 0.29) is 4.95 Å². The minimum atomic E-state index is 0.190. The van der Waals surface area contributed by atoms with Gasteiger partial charge in [-0.1, -0.05) is 15.9 Å². The molecule has 2 N–H and O–H groups in total. The molecule has 0 aromatic heterocycles. The average Bonchev–Trinajstić information content (AvgIpc) is 1.88. The molecule has 0 bridgehead atoms. The molecule has 1 aliphatic heterocycles. The molecule has 2 atom stereocenters. The van der Waals surface area contributed by atoms with Crippen LogP contribution in [-0.2, 0) is 0 Å². The standard InChI is InChI=1S/C7H15BrN2/c1-10-4-2-3-6(5-10)7(8)9/h6-7H,2-5,9H2,1H3. The minimum absolute atomic E-state index is 0.190. The number of nitrogens with two attached hydrogens (primary N) is 1. The lowest BCUT2D eigenvalue weighted by molar-refractivity contribution is 0.209. The van der Waals surface area contributed by atoms with E-state index in [2.05, 4.69) is 27.9 Å². The van der Waals surface area contributed by atoms with Crippen LogP contribution < -0.4 is 5.73 Å². The summed E-state index contributed by atoms with van der Waals surface area (Å²) in [4.78, 5) is 2.53. The third-order valence-corrected chi connectivity index (χ3v) is 2.86. The molecule has 2 nitrogen and oxygen atoms in total. The van der Waals surface area contributed by atoms with Gasteiger partial charge in [-0.2, -0.15) is 0 Å². The van der Waals surface area contributed by atoms with Crippen LogP contribution >= 0.6 is 15.9 Å². The van der Waals surface area contributed by atoms with Crippen LogP contribution in [0, 0.1) is 5.92 Å². The van der Waals surface area contributed by atoms with Crippen LogP contribution in [0.25, 0.3) is 0 Å². The summed E-state index contributed by atoms with van der Waals surface area (Å²) in [5.74, 6) is 0.652. The fourth-order valence-corrected chi connectivity index (χ4v) is 1.90. The Labute approximate surface area is 70.9 Å². The second kappa shape index (κ2) is 3.69. The van der Waals surface area contributed by atoms with Gasteiger partial charge in [0.1, 0.15) is 0 Å². The molecule has 0 radical (unpaired) electrons. The molecule has 0 aliphatic carbocycles. The lowest BCUT2D eigenvalue weighted by Gasteiger charge is -2.30. The highest BCUT2D eigenvalue weighted by Crippen LogP contribution is 2.19. The second-order valence-corrected chi connectivity index (χ2v) is 4.17. The van der Waals surface area contributed by atoms with Crippen molar-refractivity contribution in [3.8, 4) is 0 Å². The van der Waals surface area contributed by atoms with Crippen LogP contribution in [0.15, 0.2) is 0 Å². The van der Waals surface area contributed by atoms with Crippen LogP contribution in [0.4, 0.5) is 0 Å². The first kappa shape index (κ1) is 8.50. The molecule has 3 heteroatoms. The van der Waals surface area contributed by atoms with E-state index in [0.717, 1.165) is 6.54 Å². The van der Waals surface area contributed by atoms with Gasteiger partial charge in [0.2, 0.25) is 0 Å². The van der Waals surface area contributed by atoms with Crippen LogP contribution in [0.5, 0.6) is 0 Å². The highest BCUT2D eigenvalue weighted by molar-refractivity contribution is 9.09. The van der Waals surface area contributed by atoms with Crippen molar-refractivity contribution < 1.29 is 0 Å². The normalized spacial score (nSPS) is 32.1. The molecule has 1 rings (SSSR count). The average molecular weight is 207 g/mol. The third kappa shape index (κ3) is 2.22. The van der Waals surface area contributed by atoms with Crippen LogP contribution in [-0.4, -0.2) is 30.0 Å². The molecule has 0 spiro atoms. The Hall–Kier alpha value is 0.400. The zero-order valence-electron chi connectivity index (χ0n) is 6.39. The van der Waals surface area contributed by atoms with E-state index in [4.69, 9.17) is 5.73 Å². The van der Waals surface area contributed by atoms with Gasteiger partial charge in [-0.3, -0.25) is 0 Å². The Balaban J connectivity index is 2.32. The first-order valence-electron chi connectivity index (χ1n) is 3.78. The van der Waals surface area contributed by atoms with Gasteiger partial charge >= 0.3 is 0 Å². The fraction of sp³-hybridized carbons (Fsp3) is 1.00. The van der Waals surface area contributed by atoms with Crippen molar-refractivity contribution in [1.29, 1.82) is 0 Å². The monoisotopic (exact) mass is 206 g/mol. The van der Waals surface area contributed by atoms with Crippen LogP contribution in [0.3, 0.4) is 0 Å². The molecule has 60 valence electrons. The Morgan fingerprint density at radius 3 is 2.80 bits per heavy atom. The fourth-order valence-electron chi connectivity index (χ4n) is 1.47. The molecule has 1 heterocycles. The Bertz CT molecular complexity index is 106. The summed E-state index contributed by atoms with van der Waals surface area (Å²) < 4.78 is 0. The topological polar surface area (TPSA) is 29.3 Å². The molecule has 0 aromatic carbocycles. The van der Waals surface area contributed by atoms with Crippen LogP contribution in [0.2, 0.25) is 0 Å². The van der Waals surface area contributed by atoms with Gasteiger partial charge in [0.15, 0.2) is 0 Å². The van der Waals surface area contributed by atoms with E-state index in [9.17, 15) is 0 Å². The zero-order chi connectivity index (χ0) is 7.56. The molecule has 1 saturated heterocycles. The van der Waals surface area contributed by atoms with Crippen molar-refractivity contribution in [3.05, 3.63) is 0 Å². The van der Waals surface area contributed by atoms with E-state index in [0.29, 0.717) is 5.92 Å². The summed E-state index contributed by atoms with van der Waals surface area (Å²) >= 11 is 3.41. The van der Waals surface area contributed by atoms with Crippen molar-refractivity contribution in [1.82, 2.24) is 4.90 Å². The number of halogens is 1. The number of alkyl halides is 1. The molecular formula is C7H15BrN2. The first-order chi connectivity index (χ1) is 4.70. The van der Waals surface area contributed by atoms with E-state index in [1.165, 1.54) is 19.4 Å². The van der Waals surface area contributed by atoms with Gasteiger partial charge in [-0.05, 0) is 32.4 Å². The summed E-state index contributed by atoms with van der Waals surface area (Å²) in [6, 6.07) is 0. The van der Waals surface area contributed by atoms with E-state index in [1.807, 2.05) is 0 Å². The molecule has 0 saturated carbocycles. The second-order valence-electron chi connectivity index (χ2n) is 3.11. The predicted molar refractivity (Wildman–Crippen MR) is 47.1 cm³/mol. The van der Waals surface area contributed by atoms with Gasteiger partial charge in [0.25, 0.3) is 0 Å². The molecule has 0 aromatic rings. The first-order valence-corrected chi connectivity index (χ1v) is 4.70. The van der Waals surface area contributed by atoms with Crippen LogP contribution in [0.1, 0.15) is 12.8 Å². The van der Waals surface area contributed by atoms with Gasteiger partial charge in [0, 0.05) is 6.54 Å². The lowest BCUT2D eigenvalue weighted by atomic mass is 9.99. The molecule has 1 fully saturated rings. The van der Waals surface area contributed by atoms with Gasteiger partial charge in [-0.25, -0.2) is 0 Å². The van der Waals surface area contributed by atoms with E-state index in [1.54, 1.807) is 0 Å². The van der Waals surface area contributed by atoms with Crippen molar-refractivity contribution in [2.75, 3.05) is 20.1 Å². The molecular weight excluding hydrogens is 192 g/mol. The maximum Gasteiger partial charge on any atom is 0.0646 e. The molecule has 10 heavy (non-hydrogen) atoms. The van der Waals surface area contributed by atoms with Crippen molar-refractivity contribution in [3.63, 3.8) is 0 Å². The lowest BCUT2D eigenvalue weighted by Crippen LogP contribution is -2.39. The Morgan fingerprint density at radius 2 is 2.40 bits per heavy atom. The summed E-state index contributed by atoms with van der Waals surface area (Å²) in [5.41, 5.74) is 5.72. The number of hydrogen-bond donors (Lipinski definition) is 1. The number of likely N-dealkylation sites (tertiary alicyclic amines) is 1. The number of nitrogens with zero attached hydrogens (tertiary/aromatic N) is 1.